The molecule has 0 aromatic heterocycles. The molecule has 1 N–H and O–H groups in total. The number of hydrogen-bond donors (Lipinski definition) is 1. The van der Waals surface area contributed by atoms with E-state index in [0.717, 1.165) is 5.56 Å². The van der Waals surface area contributed by atoms with Gasteiger partial charge in [0.1, 0.15) is 0 Å². The van der Waals surface area contributed by atoms with Gasteiger partial charge in [-0.2, -0.15) is 5.48 Å². The molecule has 0 fully saturated rings. The minimum absolute atomic E-state index is 0.335. The van der Waals surface area contributed by atoms with Crippen LogP contribution in [0.15, 0.2) is 24.3 Å². The lowest BCUT2D eigenvalue weighted by Crippen LogP contribution is -2.14. The molecule has 0 saturated carbocycles. The molecule has 0 unspecified atom stereocenters. The van der Waals surface area contributed by atoms with Gasteiger partial charge >= 0.3 is 5.97 Å². The van der Waals surface area contributed by atoms with E-state index < -0.39 is 0 Å². The van der Waals surface area contributed by atoms with Crippen LogP contribution in [-0.4, -0.2) is 20.2 Å². The van der Waals surface area contributed by atoms with Crippen molar-refractivity contribution in [1.29, 1.82) is 0 Å². The van der Waals surface area contributed by atoms with Crippen LogP contribution < -0.4 is 5.48 Å². The Morgan fingerprint density at radius 1 is 1.36 bits per heavy atom. The molecule has 0 aliphatic heterocycles. The van der Waals surface area contributed by atoms with Crippen molar-refractivity contribution in [3.63, 3.8) is 0 Å². The number of carbonyl (C=O) groups is 1. The van der Waals surface area contributed by atoms with Crippen molar-refractivity contribution in [3.05, 3.63) is 35.4 Å². The Morgan fingerprint density at radius 3 is 2.71 bits per heavy atom. The Balaban J connectivity index is 2.85. The summed E-state index contributed by atoms with van der Waals surface area (Å²) in [6.07, 6.45) is 0. The minimum Gasteiger partial charge on any atom is -0.465 e. The van der Waals surface area contributed by atoms with Crippen LogP contribution in [0.4, 0.5) is 0 Å². The highest BCUT2D eigenvalue weighted by Crippen LogP contribution is 2.09. The summed E-state index contributed by atoms with van der Waals surface area (Å²) in [6, 6.07) is 7.22. The zero-order chi connectivity index (χ0) is 10.4. The number of ether oxygens (including phenoxy) is 1. The third kappa shape index (κ3) is 2.55. The van der Waals surface area contributed by atoms with Gasteiger partial charge in [-0.25, -0.2) is 4.79 Å². The maximum atomic E-state index is 11.3. The van der Waals surface area contributed by atoms with Gasteiger partial charge in [-0.15, -0.1) is 0 Å². The molecule has 0 amide bonds. The van der Waals surface area contributed by atoms with Crippen LogP contribution in [0.3, 0.4) is 0 Å². The fourth-order valence-electron chi connectivity index (χ4n) is 1.13. The number of hydroxylamine groups is 1. The molecular formula is C10H13NO3. The van der Waals surface area contributed by atoms with E-state index >= 15 is 0 Å². The number of carbonyl (C=O) groups excluding carboxylic acids is 1. The second-order valence-corrected chi connectivity index (χ2v) is 2.67. The molecule has 4 heteroatoms. The second kappa shape index (κ2) is 5.36. The van der Waals surface area contributed by atoms with E-state index in [0.29, 0.717) is 12.1 Å². The van der Waals surface area contributed by atoms with E-state index in [1.807, 2.05) is 12.1 Å². The molecule has 0 aliphatic rings. The molecule has 0 saturated heterocycles. The predicted octanol–water partition coefficient (Wildman–Crippen LogP) is 1.12. The Bertz CT molecular complexity index is 312. The lowest BCUT2D eigenvalue weighted by atomic mass is 10.1. The van der Waals surface area contributed by atoms with Gasteiger partial charge in [0.25, 0.3) is 0 Å². The standard InChI is InChI=1S/C10H13NO3/c1-13-10(12)9-6-4-3-5-8(9)7-11-14-2/h3-6,11H,7H2,1-2H3. The third-order valence-electron chi connectivity index (χ3n) is 1.83. The summed E-state index contributed by atoms with van der Waals surface area (Å²) < 4.78 is 4.65. The van der Waals surface area contributed by atoms with Gasteiger partial charge in [-0.3, -0.25) is 0 Å². The average molecular weight is 195 g/mol. The van der Waals surface area contributed by atoms with Crippen molar-refractivity contribution < 1.29 is 14.4 Å². The van der Waals surface area contributed by atoms with Crippen molar-refractivity contribution in [1.82, 2.24) is 5.48 Å². The van der Waals surface area contributed by atoms with E-state index in [9.17, 15) is 4.79 Å². The fraction of sp³-hybridized carbons (Fsp3) is 0.300. The Kier molecular flexibility index (Phi) is 4.10. The van der Waals surface area contributed by atoms with Gasteiger partial charge in [0, 0.05) is 6.54 Å². The van der Waals surface area contributed by atoms with E-state index in [2.05, 4.69) is 10.2 Å². The zero-order valence-electron chi connectivity index (χ0n) is 8.24. The first kappa shape index (κ1) is 10.7. The van der Waals surface area contributed by atoms with E-state index in [-0.39, 0.29) is 5.97 Å². The van der Waals surface area contributed by atoms with Crippen molar-refractivity contribution in [2.24, 2.45) is 0 Å². The van der Waals surface area contributed by atoms with Gasteiger partial charge in [-0.05, 0) is 11.6 Å². The van der Waals surface area contributed by atoms with Gasteiger partial charge in [-0.1, -0.05) is 18.2 Å². The summed E-state index contributed by atoms with van der Waals surface area (Å²) in [5.41, 5.74) is 4.08. The number of hydrogen-bond acceptors (Lipinski definition) is 4. The number of methoxy groups -OCH3 is 1. The van der Waals surface area contributed by atoms with Crippen LogP contribution in [0.5, 0.6) is 0 Å². The molecule has 14 heavy (non-hydrogen) atoms. The highest BCUT2D eigenvalue weighted by atomic mass is 16.6. The summed E-state index contributed by atoms with van der Waals surface area (Å²) in [5.74, 6) is -0.335. The van der Waals surface area contributed by atoms with Crippen molar-refractivity contribution in [2.45, 2.75) is 6.54 Å². The van der Waals surface area contributed by atoms with Gasteiger partial charge in [0.15, 0.2) is 0 Å². The Labute approximate surface area is 82.8 Å². The number of nitrogens with one attached hydrogen (secondary N) is 1. The van der Waals surface area contributed by atoms with Crippen LogP contribution in [0.2, 0.25) is 0 Å². The quantitative estimate of drug-likeness (QED) is 0.577. The molecule has 0 aliphatic carbocycles. The first-order valence-corrected chi connectivity index (χ1v) is 4.21. The minimum atomic E-state index is -0.335. The maximum Gasteiger partial charge on any atom is 0.338 e. The number of rotatable bonds is 4. The first-order valence-electron chi connectivity index (χ1n) is 4.21. The summed E-state index contributed by atoms with van der Waals surface area (Å²) in [5, 5.41) is 0. The van der Waals surface area contributed by atoms with Crippen molar-refractivity contribution in [3.8, 4) is 0 Å². The summed E-state index contributed by atoms with van der Waals surface area (Å²) in [4.78, 5) is 16.0. The van der Waals surface area contributed by atoms with E-state index in [1.54, 1.807) is 12.1 Å². The normalized spacial score (nSPS) is 9.86. The van der Waals surface area contributed by atoms with Crippen molar-refractivity contribution in [2.75, 3.05) is 14.2 Å². The summed E-state index contributed by atoms with van der Waals surface area (Å²) >= 11 is 0. The largest absolute Gasteiger partial charge is 0.465 e. The highest BCUT2D eigenvalue weighted by molar-refractivity contribution is 5.90. The Morgan fingerprint density at radius 2 is 2.07 bits per heavy atom. The highest BCUT2D eigenvalue weighted by Gasteiger charge is 2.09. The molecule has 0 bridgehead atoms. The summed E-state index contributed by atoms with van der Waals surface area (Å²) in [7, 11) is 2.89. The number of benzene rings is 1. The molecule has 0 radical (unpaired) electrons. The maximum absolute atomic E-state index is 11.3. The topological polar surface area (TPSA) is 47.6 Å². The summed E-state index contributed by atoms with van der Waals surface area (Å²) in [6.45, 7) is 0.474. The number of esters is 1. The van der Waals surface area contributed by atoms with Crippen LogP contribution in [0.1, 0.15) is 15.9 Å². The van der Waals surface area contributed by atoms with Crippen LogP contribution in [0, 0.1) is 0 Å². The molecule has 1 rings (SSSR count). The molecule has 4 nitrogen and oxygen atoms in total. The molecule has 76 valence electrons. The van der Waals surface area contributed by atoms with Crippen LogP contribution in [-0.2, 0) is 16.1 Å². The molecule has 1 aromatic carbocycles. The van der Waals surface area contributed by atoms with Gasteiger partial charge in [0.2, 0.25) is 0 Å². The fourth-order valence-corrected chi connectivity index (χ4v) is 1.13. The first-order chi connectivity index (χ1) is 6.79. The SMILES string of the molecule is CONCc1ccccc1C(=O)OC. The van der Waals surface area contributed by atoms with Crippen LogP contribution >= 0.6 is 0 Å². The predicted molar refractivity (Wildman–Crippen MR) is 51.6 cm³/mol. The smallest absolute Gasteiger partial charge is 0.338 e. The molecule has 0 spiro atoms. The average Bonchev–Trinajstić information content (AvgIpc) is 2.25. The molecule has 0 atom stereocenters. The molecular weight excluding hydrogens is 182 g/mol. The lowest BCUT2D eigenvalue weighted by molar-refractivity contribution is 0.0594. The lowest BCUT2D eigenvalue weighted by Gasteiger charge is -2.07. The van der Waals surface area contributed by atoms with Gasteiger partial charge in [0.05, 0.1) is 19.8 Å². The van der Waals surface area contributed by atoms with E-state index in [1.165, 1.54) is 14.2 Å². The van der Waals surface area contributed by atoms with Gasteiger partial charge < -0.3 is 9.57 Å². The second-order valence-electron chi connectivity index (χ2n) is 2.67. The molecule has 1 aromatic rings. The Hall–Kier alpha value is -1.39. The monoisotopic (exact) mass is 195 g/mol. The molecule has 0 heterocycles. The van der Waals surface area contributed by atoms with Crippen molar-refractivity contribution >= 4 is 5.97 Å². The van der Waals surface area contributed by atoms with E-state index in [4.69, 9.17) is 4.84 Å². The van der Waals surface area contributed by atoms with Crippen LogP contribution in [0.25, 0.3) is 0 Å². The third-order valence-corrected chi connectivity index (χ3v) is 1.83. The zero-order valence-corrected chi connectivity index (χ0v) is 8.24.